The number of ether oxygens (including phenoxy) is 1. The van der Waals surface area contributed by atoms with Crippen molar-refractivity contribution in [1.29, 1.82) is 0 Å². The Kier molecular flexibility index (Phi) is 5.93. The molecule has 1 aromatic carbocycles. The van der Waals surface area contributed by atoms with Crippen molar-refractivity contribution in [3.63, 3.8) is 0 Å². The van der Waals surface area contributed by atoms with Crippen LogP contribution in [0.2, 0.25) is 0 Å². The first kappa shape index (κ1) is 20.2. The number of hydrogen-bond donors (Lipinski definition) is 1. The lowest BCUT2D eigenvalue weighted by molar-refractivity contribution is -0.137. The van der Waals surface area contributed by atoms with Gasteiger partial charge in [0, 0.05) is 26.3 Å². The number of aromatic nitrogens is 2. The molecule has 2 heterocycles. The monoisotopic (exact) mass is 396 g/mol. The Bertz CT molecular complexity index is 827. The van der Waals surface area contributed by atoms with E-state index in [0.717, 1.165) is 17.8 Å². The lowest BCUT2D eigenvalue weighted by Crippen LogP contribution is -2.42. The van der Waals surface area contributed by atoms with Crippen molar-refractivity contribution in [3.05, 3.63) is 41.7 Å². The van der Waals surface area contributed by atoms with Gasteiger partial charge in [-0.25, -0.2) is 0 Å². The van der Waals surface area contributed by atoms with Crippen LogP contribution in [0.25, 0.3) is 0 Å². The lowest BCUT2D eigenvalue weighted by Gasteiger charge is -2.31. The van der Waals surface area contributed by atoms with E-state index in [2.05, 4.69) is 10.4 Å². The van der Waals surface area contributed by atoms with Crippen molar-refractivity contribution in [2.75, 3.05) is 25.0 Å². The highest BCUT2D eigenvalue weighted by molar-refractivity contribution is 5.92. The predicted octanol–water partition coefficient (Wildman–Crippen LogP) is 3.23. The average molecular weight is 396 g/mol. The van der Waals surface area contributed by atoms with Crippen LogP contribution >= 0.6 is 0 Å². The molecule has 0 atom stereocenters. The fraction of sp³-hybridized carbons (Fsp3) is 0.474. The average Bonchev–Trinajstić information content (AvgIpc) is 2.93. The van der Waals surface area contributed by atoms with Gasteiger partial charge in [0.15, 0.2) is 0 Å². The molecule has 1 amide bonds. The second-order valence-corrected chi connectivity index (χ2v) is 6.97. The number of nitrogens with one attached hydrogen (secondary N) is 1. The normalized spacial score (nSPS) is 16.2. The minimum atomic E-state index is -4.39. The summed E-state index contributed by atoms with van der Waals surface area (Å²) < 4.78 is 45.7. The van der Waals surface area contributed by atoms with Crippen molar-refractivity contribution in [2.24, 2.45) is 7.05 Å². The number of amides is 1. The smallest absolute Gasteiger partial charge is 0.416 e. The number of rotatable bonds is 5. The molecule has 1 aliphatic rings. The lowest BCUT2D eigenvalue weighted by atomic mass is 10.1. The van der Waals surface area contributed by atoms with Crippen molar-refractivity contribution in [2.45, 2.75) is 32.0 Å². The Morgan fingerprint density at radius 2 is 2.04 bits per heavy atom. The van der Waals surface area contributed by atoms with Crippen molar-refractivity contribution < 1.29 is 22.7 Å². The van der Waals surface area contributed by atoms with Gasteiger partial charge < -0.3 is 10.1 Å². The number of anilines is 1. The van der Waals surface area contributed by atoms with Gasteiger partial charge in [-0.3, -0.25) is 14.4 Å². The third-order valence-electron chi connectivity index (χ3n) is 4.65. The fourth-order valence-corrected chi connectivity index (χ4v) is 3.24. The molecule has 1 fully saturated rings. The number of piperidine rings is 1. The second kappa shape index (κ2) is 8.22. The van der Waals surface area contributed by atoms with Crippen LogP contribution < -0.4 is 10.1 Å². The van der Waals surface area contributed by atoms with Crippen LogP contribution in [0.1, 0.15) is 24.1 Å². The van der Waals surface area contributed by atoms with E-state index in [4.69, 9.17) is 4.74 Å². The topological polar surface area (TPSA) is 59.4 Å². The quantitative estimate of drug-likeness (QED) is 0.843. The molecule has 0 bridgehead atoms. The highest BCUT2D eigenvalue weighted by atomic mass is 19.4. The molecule has 1 saturated heterocycles. The Hall–Kier alpha value is -2.55. The first-order chi connectivity index (χ1) is 13.2. The molecule has 1 aliphatic heterocycles. The number of nitrogens with zero attached hydrogens (tertiary/aromatic N) is 3. The highest BCUT2D eigenvalue weighted by Crippen LogP contribution is 2.32. The molecular formula is C19H23F3N4O2. The van der Waals surface area contributed by atoms with E-state index < -0.39 is 11.7 Å². The van der Waals surface area contributed by atoms with Crippen LogP contribution in [-0.2, 0) is 18.0 Å². The number of likely N-dealkylation sites (tertiary alicyclic amines) is 1. The third-order valence-corrected chi connectivity index (χ3v) is 4.65. The summed E-state index contributed by atoms with van der Waals surface area (Å²) in [4.78, 5) is 14.2. The molecule has 0 unspecified atom stereocenters. The van der Waals surface area contributed by atoms with Crippen LogP contribution in [0, 0.1) is 6.92 Å². The van der Waals surface area contributed by atoms with Crippen LogP contribution in [0.5, 0.6) is 5.75 Å². The van der Waals surface area contributed by atoms with Gasteiger partial charge in [0.1, 0.15) is 11.9 Å². The zero-order chi connectivity index (χ0) is 20.3. The van der Waals surface area contributed by atoms with Crippen LogP contribution in [0.15, 0.2) is 30.5 Å². The number of hydrogen-bond acceptors (Lipinski definition) is 4. The van der Waals surface area contributed by atoms with Crippen molar-refractivity contribution in [3.8, 4) is 5.75 Å². The summed E-state index contributed by atoms with van der Waals surface area (Å²) in [6, 6.07) is 4.93. The van der Waals surface area contributed by atoms with Gasteiger partial charge in [-0.2, -0.15) is 18.3 Å². The first-order valence-electron chi connectivity index (χ1n) is 9.07. The summed E-state index contributed by atoms with van der Waals surface area (Å²) in [6.07, 6.45) is -1.50. The number of alkyl halides is 3. The van der Waals surface area contributed by atoms with Gasteiger partial charge in [-0.1, -0.05) is 6.07 Å². The van der Waals surface area contributed by atoms with E-state index in [1.165, 1.54) is 12.1 Å². The highest BCUT2D eigenvalue weighted by Gasteiger charge is 2.31. The molecular weight excluding hydrogens is 373 g/mol. The van der Waals surface area contributed by atoms with Crippen LogP contribution in [0.3, 0.4) is 0 Å². The third kappa shape index (κ3) is 5.25. The SMILES string of the molecule is Cc1nn(C)cc1NC(=O)CN1CCC(Oc2cccc(C(F)(F)F)c2)CC1. The van der Waals surface area contributed by atoms with Crippen molar-refractivity contribution >= 4 is 11.6 Å². The number of benzene rings is 1. The molecule has 0 aliphatic carbocycles. The van der Waals surface area contributed by atoms with Gasteiger partial charge in [0.05, 0.1) is 23.5 Å². The summed E-state index contributed by atoms with van der Waals surface area (Å²) in [5.74, 6) is 0.103. The van der Waals surface area contributed by atoms with Gasteiger partial charge in [-0.05, 0) is 38.0 Å². The van der Waals surface area contributed by atoms with Gasteiger partial charge in [0.25, 0.3) is 0 Å². The standard InChI is InChI=1S/C19H23F3N4O2/c1-13-17(11-25(2)24-13)23-18(27)12-26-8-6-15(7-9-26)28-16-5-3-4-14(10-16)19(20,21)22/h3-5,10-11,15H,6-9,12H2,1-2H3,(H,23,27). The van der Waals surface area contributed by atoms with E-state index in [1.54, 1.807) is 17.9 Å². The molecule has 1 N–H and O–H groups in total. The minimum absolute atomic E-state index is 0.117. The summed E-state index contributed by atoms with van der Waals surface area (Å²) in [6.45, 7) is 3.36. The molecule has 6 nitrogen and oxygen atoms in total. The maximum absolute atomic E-state index is 12.8. The number of halogens is 3. The molecule has 0 radical (unpaired) electrons. The maximum atomic E-state index is 12.8. The Morgan fingerprint density at radius 1 is 1.32 bits per heavy atom. The molecule has 1 aromatic heterocycles. The molecule has 2 aromatic rings. The minimum Gasteiger partial charge on any atom is -0.490 e. The molecule has 0 spiro atoms. The Balaban J connectivity index is 1.47. The molecule has 152 valence electrons. The molecule has 3 rings (SSSR count). The van der Waals surface area contributed by atoms with Crippen LogP contribution in [0.4, 0.5) is 18.9 Å². The van der Waals surface area contributed by atoms with Gasteiger partial charge >= 0.3 is 6.18 Å². The zero-order valence-electron chi connectivity index (χ0n) is 15.8. The summed E-state index contributed by atoms with van der Waals surface area (Å²) in [5, 5.41) is 7.03. The second-order valence-electron chi connectivity index (χ2n) is 6.97. The van der Waals surface area contributed by atoms with E-state index in [0.29, 0.717) is 31.6 Å². The maximum Gasteiger partial charge on any atom is 0.416 e. The van der Waals surface area contributed by atoms with Crippen LogP contribution in [-0.4, -0.2) is 46.3 Å². The largest absolute Gasteiger partial charge is 0.490 e. The Labute approximate surface area is 161 Å². The summed E-state index contributed by atoms with van der Waals surface area (Å²) in [7, 11) is 1.79. The number of aryl methyl sites for hydroxylation is 2. The van der Waals surface area contributed by atoms with E-state index >= 15 is 0 Å². The Morgan fingerprint density at radius 3 is 2.64 bits per heavy atom. The fourth-order valence-electron chi connectivity index (χ4n) is 3.24. The first-order valence-corrected chi connectivity index (χ1v) is 9.07. The summed E-state index contributed by atoms with van der Waals surface area (Å²) in [5.41, 5.74) is 0.726. The number of carbonyl (C=O) groups excluding carboxylic acids is 1. The van der Waals surface area contributed by atoms with E-state index in [1.807, 2.05) is 11.8 Å². The van der Waals surface area contributed by atoms with E-state index in [9.17, 15) is 18.0 Å². The zero-order valence-corrected chi connectivity index (χ0v) is 15.8. The molecule has 9 heteroatoms. The van der Waals surface area contributed by atoms with Gasteiger partial charge in [0.2, 0.25) is 5.91 Å². The van der Waals surface area contributed by atoms with E-state index in [-0.39, 0.29) is 24.3 Å². The van der Waals surface area contributed by atoms with Crippen molar-refractivity contribution in [1.82, 2.24) is 14.7 Å². The molecule has 28 heavy (non-hydrogen) atoms. The summed E-state index contributed by atoms with van der Waals surface area (Å²) >= 11 is 0. The van der Waals surface area contributed by atoms with Gasteiger partial charge in [-0.15, -0.1) is 0 Å². The number of carbonyl (C=O) groups is 1. The predicted molar refractivity (Wildman–Crippen MR) is 98.1 cm³/mol. The molecule has 0 saturated carbocycles.